The van der Waals surface area contributed by atoms with E-state index in [1.165, 1.54) is 36.2 Å². The van der Waals surface area contributed by atoms with Crippen molar-refractivity contribution in [2.24, 2.45) is 0 Å². The zero-order valence-corrected chi connectivity index (χ0v) is 16.5. The third kappa shape index (κ3) is 3.14. The van der Waals surface area contributed by atoms with Gasteiger partial charge in [-0.1, -0.05) is 30.3 Å². The van der Waals surface area contributed by atoms with Crippen LogP contribution in [0.4, 0.5) is 0 Å². The zero-order valence-electron chi connectivity index (χ0n) is 16.5. The highest BCUT2D eigenvalue weighted by Gasteiger charge is 2.43. The molecule has 3 aromatic rings. The van der Waals surface area contributed by atoms with Crippen molar-refractivity contribution in [2.45, 2.75) is 51.1 Å². The van der Waals surface area contributed by atoms with Crippen LogP contribution in [0, 0.1) is 0 Å². The normalized spacial score (nSPS) is 21.9. The van der Waals surface area contributed by atoms with Crippen LogP contribution in [-0.4, -0.2) is 37.7 Å². The Labute approximate surface area is 166 Å². The Morgan fingerprint density at radius 2 is 2.00 bits per heavy atom. The second-order valence-corrected chi connectivity index (χ2v) is 8.19. The molecule has 3 heterocycles. The molecule has 1 unspecified atom stereocenters. The first-order valence-corrected chi connectivity index (χ1v) is 10.4. The molecule has 0 radical (unpaired) electrons. The summed E-state index contributed by atoms with van der Waals surface area (Å²) in [6, 6.07) is 12.5. The molecule has 5 heteroatoms. The van der Waals surface area contributed by atoms with Crippen molar-refractivity contribution >= 4 is 0 Å². The van der Waals surface area contributed by atoms with Crippen LogP contribution >= 0.6 is 0 Å². The Kier molecular flexibility index (Phi) is 4.47. The van der Waals surface area contributed by atoms with Gasteiger partial charge in [0.15, 0.2) is 5.82 Å². The third-order valence-electron chi connectivity index (χ3n) is 6.33. The second kappa shape index (κ2) is 7.13. The fourth-order valence-electron chi connectivity index (χ4n) is 4.92. The van der Waals surface area contributed by atoms with Crippen molar-refractivity contribution in [3.8, 4) is 11.4 Å². The number of likely N-dealkylation sites (tertiary alicyclic amines) is 1. The quantitative estimate of drug-likeness (QED) is 0.697. The van der Waals surface area contributed by atoms with Crippen molar-refractivity contribution in [3.63, 3.8) is 0 Å². The van der Waals surface area contributed by atoms with Crippen molar-refractivity contribution < 1.29 is 0 Å². The molecule has 0 amide bonds. The SMILES string of the molecule is CCn1ccc(CN2CCCC3(CCc4cnc(-c5ccccc5)nc43)C2)n1. The smallest absolute Gasteiger partial charge is 0.159 e. The number of aryl methyl sites for hydroxylation is 2. The maximum absolute atomic E-state index is 5.10. The maximum Gasteiger partial charge on any atom is 0.159 e. The van der Waals surface area contributed by atoms with Gasteiger partial charge in [-0.15, -0.1) is 0 Å². The minimum atomic E-state index is 0.174. The van der Waals surface area contributed by atoms with E-state index < -0.39 is 0 Å². The van der Waals surface area contributed by atoms with Crippen molar-refractivity contribution in [1.82, 2.24) is 24.6 Å². The molecule has 28 heavy (non-hydrogen) atoms. The number of aromatic nitrogens is 4. The second-order valence-electron chi connectivity index (χ2n) is 8.19. The van der Waals surface area contributed by atoms with Gasteiger partial charge in [-0.3, -0.25) is 9.58 Å². The average Bonchev–Trinajstić information content (AvgIpc) is 3.34. The summed E-state index contributed by atoms with van der Waals surface area (Å²) in [5.74, 6) is 0.861. The maximum atomic E-state index is 5.10. The highest BCUT2D eigenvalue weighted by Crippen LogP contribution is 2.44. The van der Waals surface area contributed by atoms with Gasteiger partial charge >= 0.3 is 0 Å². The lowest BCUT2D eigenvalue weighted by Crippen LogP contribution is -2.45. The summed E-state index contributed by atoms with van der Waals surface area (Å²) in [4.78, 5) is 12.3. The van der Waals surface area contributed by atoms with E-state index in [1.54, 1.807) is 0 Å². The molecule has 5 rings (SSSR count). The number of rotatable bonds is 4. The van der Waals surface area contributed by atoms with Crippen molar-refractivity contribution in [1.29, 1.82) is 0 Å². The first-order valence-electron chi connectivity index (χ1n) is 10.4. The summed E-state index contributed by atoms with van der Waals surface area (Å²) in [7, 11) is 0. The molecule has 1 saturated heterocycles. The average molecular weight is 374 g/mol. The van der Waals surface area contributed by atoms with Gasteiger partial charge in [-0.25, -0.2) is 9.97 Å². The van der Waals surface area contributed by atoms with E-state index in [2.05, 4.69) is 64.6 Å². The van der Waals surface area contributed by atoms with Crippen LogP contribution in [0.2, 0.25) is 0 Å². The number of hydrogen-bond acceptors (Lipinski definition) is 4. The number of piperidine rings is 1. The van der Waals surface area contributed by atoms with Gasteiger partial charge in [0, 0.05) is 43.0 Å². The first-order chi connectivity index (χ1) is 13.8. The molecule has 1 atom stereocenters. The summed E-state index contributed by atoms with van der Waals surface area (Å²) >= 11 is 0. The Morgan fingerprint density at radius 1 is 1.11 bits per heavy atom. The first kappa shape index (κ1) is 17.6. The molecular weight excluding hydrogens is 346 g/mol. The molecule has 2 aliphatic rings. The molecule has 5 nitrogen and oxygen atoms in total. The molecule has 0 saturated carbocycles. The van der Waals surface area contributed by atoms with Gasteiger partial charge < -0.3 is 0 Å². The summed E-state index contributed by atoms with van der Waals surface area (Å²) < 4.78 is 2.01. The Morgan fingerprint density at radius 3 is 2.82 bits per heavy atom. The molecule has 1 aliphatic carbocycles. The zero-order chi connectivity index (χ0) is 19.0. The van der Waals surface area contributed by atoms with Gasteiger partial charge in [-0.2, -0.15) is 5.10 Å². The molecule has 144 valence electrons. The lowest BCUT2D eigenvalue weighted by molar-refractivity contribution is 0.135. The van der Waals surface area contributed by atoms with E-state index in [-0.39, 0.29) is 5.41 Å². The van der Waals surface area contributed by atoms with Crippen LogP contribution in [-0.2, 0) is 24.9 Å². The number of fused-ring (bicyclic) bond motifs is 2. The molecular formula is C23H27N5. The lowest BCUT2D eigenvalue weighted by Gasteiger charge is -2.40. The largest absolute Gasteiger partial charge is 0.296 e. The third-order valence-corrected chi connectivity index (χ3v) is 6.33. The molecule has 2 aromatic heterocycles. The summed E-state index contributed by atoms with van der Waals surface area (Å²) in [5, 5.41) is 4.69. The van der Waals surface area contributed by atoms with Crippen LogP contribution < -0.4 is 0 Å². The molecule has 1 spiro atoms. The molecule has 1 aliphatic heterocycles. The number of nitrogens with zero attached hydrogens (tertiary/aromatic N) is 5. The van der Waals surface area contributed by atoms with Gasteiger partial charge in [0.2, 0.25) is 0 Å². The lowest BCUT2D eigenvalue weighted by atomic mass is 9.77. The van der Waals surface area contributed by atoms with E-state index in [0.717, 1.165) is 44.0 Å². The van der Waals surface area contributed by atoms with Crippen LogP contribution in [0.15, 0.2) is 48.8 Å². The molecule has 0 N–H and O–H groups in total. The number of benzene rings is 1. The van der Waals surface area contributed by atoms with Gasteiger partial charge in [0.05, 0.1) is 11.4 Å². The van der Waals surface area contributed by atoms with Crippen LogP contribution in [0.25, 0.3) is 11.4 Å². The van der Waals surface area contributed by atoms with Gasteiger partial charge in [0.1, 0.15) is 0 Å². The highest BCUT2D eigenvalue weighted by atomic mass is 15.3. The Hall–Kier alpha value is -2.53. The fourth-order valence-corrected chi connectivity index (χ4v) is 4.92. The topological polar surface area (TPSA) is 46.8 Å². The van der Waals surface area contributed by atoms with E-state index in [9.17, 15) is 0 Å². The fraction of sp³-hybridized carbons (Fsp3) is 0.435. The highest BCUT2D eigenvalue weighted by molar-refractivity contribution is 5.55. The van der Waals surface area contributed by atoms with Gasteiger partial charge in [-0.05, 0) is 50.8 Å². The van der Waals surface area contributed by atoms with Crippen molar-refractivity contribution in [2.75, 3.05) is 13.1 Å². The van der Waals surface area contributed by atoms with Crippen LogP contribution in [0.1, 0.15) is 43.1 Å². The standard InChI is InChI=1S/C23H27N5/c1-2-28-14-10-20(26-28)16-27-13-6-11-23(17-27)12-9-19-15-24-22(25-21(19)23)18-7-4-3-5-8-18/h3-5,7-8,10,14-15H,2,6,9,11-13,16-17H2,1H3. The summed E-state index contributed by atoms with van der Waals surface area (Å²) in [6.45, 7) is 6.21. The summed E-state index contributed by atoms with van der Waals surface area (Å²) in [6.07, 6.45) is 8.89. The van der Waals surface area contributed by atoms with E-state index in [0.29, 0.717) is 0 Å². The van der Waals surface area contributed by atoms with E-state index >= 15 is 0 Å². The minimum absolute atomic E-state index is 0.174. The van der Waals surface area contributed by atoms with E-state index in [4.69, 9.17) is 4.98 Å². The van der Waals surface area contributed by atoms with Gasteiger partial charge in [0.25, 0.3) is 0 Å². The Bertz CT molecular complexity index is 960. The summed E-state index contributed by atoms with van der Waals surface area (Å²) in [5.41, 5.74) is 5.09. The Balaban J connectivity index is 1.41. The van der Waals surface area contributed by atoms with Crippen LogP contribution in [0.5, 0.6) is 0 Å². The van der Waals surface area contributed by atoms with Crippen LogP contribution in [0.3, 0.4) is 0 Å². The number of hydrogen-bond donors (Lipinski definition) is 0. The van der Waals surface area contributed by atoms with Crippen molar-refractivity contribution in [3.05, 3.63) is 65.7 Å². The predicted molar refractivity (Wildman–Crippen MR) is 110 cm³/mol. The molecule has 0 bridgehead atoms. The molecule has 1 fully saturated rings. The monoisotopic (exact) mass is 373 g/mol. The van der Waals surface area contributed by atoms with E-state index in [1.807, 2.05) is 10.7 Å². The molecule has 1 aromatic carbocycles. The minimum Gasteiger partial charge on any atom is -0.296 e. The predicted octanol–water partition coefficient (Wildman–Crippen LogP) is 3.84.